The summed E-state index contributed by atoms with van der Waals surface area (Å²) in [7, 11) is 0. The van der Waals surface area contributed by atoms with Crippen molar-refractivity contribution in [2.45, 2.75) is 37.4 Å². The standard InChI is InChI=1S/C19H19BrF4N2O2S/c1-5-18(26-29(27)17(2,3)4,16-13(20)7-6-10-25-16)12-8-9-15(14(21)11-12)28-19(22,23)24/h5-11,26H,1H2,2-4H3/t18-,29+/m1/s1. The van der Waals surface area contributed by atoms with Crippen LogP contribution in [0.3, 0.4) is 0 Å². The average Bonchev–Trinajstić information content (AvgIpc) is 2.60. The van der Waals surface area contributed by atoms with Gasteiger partial charge in [0.05, 0.1) is 5.69 Å². The summed E-state index contributed by atoms with van der Waals surface area (Å²) in [5.74, 6) is -2.21. The van der Waals surface area contributed by atoms with E-state index in [1.165, 1.54) is 18.3 Å². The third-order valence-corrected chi connectivity index (χ3v) is 6.12. The topological polar surface area (TPSA) is 57.2 Å². The lowest BCUT2D eigenvalue weighted by atomic mass is 9.87. The number of ether oxygens (including phenoxy) is 1. The number of benzene rings is 1. The molecule has 0 radical (unpaired) electrons. The number of nitrogens with zero attached hydrogens (tertiary/aromatic N) is 1. The van der Waals surface area contributed by atoms with Gasteiger partial charge in [0.1, 0.15) is 10.3 Å². The van der Waals surface area contributed by atoms with E-state index >= 15 is 0 Å². The largest absolute Gasteiger partial charge is 0.598 e. The van der Waals surface area contributed by atoms with Gasteiger partial charge in [-0.25, -0.2) is 4.39 Å². The van der Waals surface area contributed by atoms with Crippen LogP contribution in [0.1, 0.15) is 32.0 Å². The number of halogens is 5. The summed E-state index contributed by atoms with van der Waals surface area (Å²) < 4.78 is 71.1. The highest BCUT2D eigenvalue weighted by atomic mass is 79.9. The second-order valence-corrected chi connectivity index (χ2v) is 9.84. The van der Waals surface area contributed by atoms with Gasteiger partial charge in [-0.15, -0.1) is 24.5 Å². The van der Waals surface area contributed by atoms with Crippen LogP contribution in [-0.4, -0.2) is 20.6 Å². The molecule has 1 aromatic heterocycles. The Labute approximate surface area is 177 Å². The summed E-state index contributed by atoms with van der Waals surface area (Å²) in [5.41, 5.74) is -0.997. The highest BCUT2D eigenvalue weighted by molar-refractivity contribution is 9.10. The zero-order valence-electron chi connectivity index (χ0n) is 15.8. The lowest BCUT2D eigenvalue weighted by molar-refractivity contribution is -0.275. The van der Waals surface area contributed by atoms with Crippen LogP contribution in [0.2, 0.25) is 0 Å². The molecule has 0 bridgehead atoms. The molecule has 0 amide bonds. The zero-order valence-corrected chi connectivity index (χ0v) is 18.2. The Morgan fingerprint density at radius 3 is 2.38 bits per heavy atom. The molecule has 10 heteroatoms. The van der Waals surface area contributed by atoms with Crippen LogP contribution >= 0.6 is 15.9 Å². The van der Waals surface area contributed by atoms with Gasteiger partial charge in [0.25, 0.3) is 0 Å². The van der Waals surface area contributed by atoms with Gasteiger partial charge in [-0.3, -0.25) is 4.98 Å². The van der Waals surface area contributed by atoms with E-state index in [0.29, 0.717) is 10.2 Å². The number of aromatic nitrogens is 1. The number of pyridine rings is 1. The zero-order chi connectivity index (χ0) is 22.0. The molecule has 2 aromatic rings. The summed E-state index contributed by atoms with van der Waals surface area (Å²) in [6.07, 6.45) is -2.17. The SMILES string of the molecule is C=C[C@@](N[S@@+]([O-])C(C)(C)C)(c1ccc(OC(F)(F)F)c(F)c1)c1ncccc1Br. The minimum Gasteiger partial charge on any atom is -0.598 e. The molecule has 158 valence electrons. The minimum absolute atomic E-state index is 0.150. The van der Waals surface area contributed by atoms with E-state index in [1.807, 2.05) is 0 Å². The molecule has 0 aliphatic heterocycles. The molecule has 2 atom stereocenters. The fraction of sp³-hybridized carbons (Fsp3) is 0.316. The van der Waals surface area contributed by atoms with Gasteiger partial charge in [0.2, 0.25) is 0 Å². The van der Waals surface area contributed by atoms with Crippen LogP contribution in [0.25, 0.3) is 0 Å². The molecule has 1 heterocycles. The Morgan fingerprint density at radius 2 is 1.90 bits per heavy atom. The van der Waals surface area contributed by atoms with Crippen molar-refractivity contribution in [3.05, 3.63) is 70.7 Å². The van der Waals surface area contributed by atoms with Crippen molar-refractivity contribution in [1.82, 2.24) is 9.71 Å². The minimum atomic E-state index is -5.03. The van der Waals surface area contributed by atoms with Crippen LogP contribution in [0.4, 0.5) is 17.6 Å². The third kappa shape index (κ3) is 5.50. The normalized spacial score (nSPS) is 15.5. The van der Waals surface area contributed by atoms with Gasteiger partial charge < -0.3 is 9.29 Å². The second-order valence-electron chi connectivity index (χ2n) is 7.02. The molecule has 29 heavy (non-hydrogen) atoms. The molecule has 0 fully saturated rings. The van der Waals surface area contributed by atoms with Gasteiger partial charge in [0.15, 0.2) is 11.6 Å². The van der Waals surface area contributed by atoms with Crippen molar-refractivity contribution >= 4 is 27.3 Å². The summed E-state index contributed by atoms with van der Waals surface area (Å²) in [6.45, 7) is 8.99. The molecule has 4 nitrogen and oxygen atoms in total. The van der Waals surface area contributed by atoms with E-state index in [-0.39, 0.29) is 5.56 Å². The number of hydrogen-bond donors (Lipinski definition) is 1. The highest BCUT2D eigenvalue weighted by Crippen LogP contribution is 2.38. The van der Waals surface area contributed by atoms with Crippen molar-refractivity contribution in [2.75, 3.05) is 0 Å². The molecule has 0 aliphatic carbocycles. The van der Waals surface area contributed by atoms with Crippen LogP contribution in [0.5, 0.6) is 5.75 Å². The molecular weight excluding hydrogens is 476 g/mol. The van der Waals surface area contributed by atoms with Crippen molar-refractivity contribution in [1.29, 1.82) is 0 Å². The van der Waals surface area contributed by atoms with E-state index in [9.17, 15) is 22.1 Å². The second kappa shape index (κ2) is 8.63. The van der Waals surface area contributed by atoms with Gasteiger partial charge >= 0.3 is 6.36 Å². The lowest BCUT2D eigenvalue weighted by Gasteiger charge is -2.36. The van der Waals surface area contributed by atoms with Gasteiger partial charge in [0, 0.05) is 22.0 Å². The highest BCUT2D eigenvalue weighted by Gasteiger charge is 2.43. The molecule has 0 spiro atoms. The lowest BCUT2D eigenvalue weighted by Crippen LogP contribution is -2.51. The van der Waals surface area contributed by atoms with Crippen LogP contribution in [0.15, 0.2) is 53.7 Å². The number of hydrogen-bond acceptors (Lipinski definition) is 4. The number of nitrogens with one attached hydrogen (secondary N) is 1. The summed E-state index contributed by atoms with van der Waals surface area (Å²) in [4.78, 5) is 4.30. The first kappa shape index (κ1) is 23.7. The summed E-state index contributed by atoms with van der Waals surface area (Å²) in [5, 5.41) is 0. The molecular formula is C19H19BrF4N2O2S. The van der Waals surface area contributed by atoms with E-state index in [4.69, 9.17) is 0 Å². The molecule has 0 saturated heterocycles. The van der Waals surface area contributed by atoms with E-state index in [0.717, 1.165) is 12.1 Å². The molecule has 2 rings (SSSR count). The third-order valence-electron chi connectivity index (χ3n) is 3.86. The average molecular weight is 495 g/mol. The maximum atomic E-state index is 14.4. The predicted molar refractivity (Wildman–Crippen MR) is 107 cm³/mol. The maximum absolute atomic E-state index is 14.4. The quantitative estimate of drug-likeness (QED) is 0.333. The van der Waals surface area contributed by atoms with Crippen molar-refractivity contribution < 1.29 is 26.9 Å². The molecule has 0 aliphatic rings. The van der Waals surface area contributed by atoms with Crippen LogP contribution in [0, 0.1) is 5.82 Å². The van der Waals surface area contributed by atoms with E-state index in [1.54, 1.807) is 32.9 Å². The van der Waals surface area contributed by atoms with Gasteiger partial charge in [-0.2, -0.15) is 0 Å². The van der Waals surface area contributed by atoms with Crippen molar-refractivity contribution in [3.8, 4) is 5.75 Å². The summed E-state index contributed by atoms with van der Waals surface area (Å²) >= 11 is 1.71. The Morgan fingerprint density at radius 1 is 1.24 bits per heavy atom. The van der Waals surface area contributed by atoms with E-state index in [2.05, 4.69) is 37.0 Å². The molecule has 1 N–H and O–H groups in total. The predicted octanol–water partition coefficient (Wildman–Crippen LogP) is 5.36. The fourth-order valence-corrected chi connectivity index (χ4v) is 3.89. The Hall–Kier alpha value is -1.62. The summed E-state index contributed by atoms with van der Waals surface area (Å²) in [6, 6.07) is 6.30. The maximum Gasteiger partial charge on any atom is 0.573 e. The Balaban J connectivity index is 2.66. The molecule has 0 saturated carbocycles. The van der Waals surface area contributed by atoms with Gasteiger partial charge in [-0.1, -0.05) is 12.1 Å². The van der Waals surface area contributed by atoms with E-state index < -0.39 is 39.6 Å². The first-order valence-electron chi connectivity index (χ1n) is 8.30. The molecule has 1 aromatic carbocycles. The first-order valence-corrected chi connectivity index (χ1v) is 10.2. The molecule has 0 unspecified atom stereocenters. The first-order chi connectivity index (χ1) is 13.3. The number of alkyl halides is 3. The van der Waals surface area contributed by atoms with Crippen molar-refractivity contribution in [3.63, 3.8) is 0 Å². The van der Waals surface area contributed by atoms with Crippen molar-refractivity contribution in [2.24, 2.45) is 0 Å². The Kier molecular flexibility index (Phi) is 7.04. The smallest absolute Gasteiger partial charge is 0.573 e. The van der Waals surface area contributed by atoms with Crippen LogP contribution in [-0.2, 0) is 16.9 Å². The fourth-order valence-electron chi connectivity index (χ4n) is 2.43. The monoisotopic (exact) mass is 494 g/mol. The Bertz CT molecular complexity index is 889. The number of rotatable bonds is 6. The van der Waals surface area contributed by atoms with Crippen LogP contribution < -0.4 is 9.46 Å². The van der Waals surface area contributed by atoms with Gasteiger partial charge in [-0.05, 0) is 66.5 Å².